The maximum atomic E-state index is 15.6. The molecule has 2 aromatic carbocycles. The Labute approximate surface area is 201 Å². The highest BCUT2D eigenvalue weighted by atomic mass is 19.1. The summed E-state index contributed by atoms with van der Waals surface area (Å²) in [6.07, 6.45) is 1.56. The van der Waals surface area contributed by atoms with Crippen LogP contribution in [0, 0.1) is 17.7 Å². The molecule has 2 heterocycles. The molecule has 35 heavy (non-hydrogen) atoms. The Kier molecular flexibility index (Phi) is 5.92. The number of benzene rings is 2. The van der Waals surface area contributed by atoms with Gasteiger partial charge in [-0.05, 0) is 42.9 Å². The molecule has 0 amide bonds. The van der Waals surface area contributed by atoms with Crippen molar-refractivity contribution >= 4 is 16.6 Å². The Morgan fingerprint density at radius 1 is 1.17 bits per heavy atom. The topological polar surface area (TPSA) is 118 Å². The zero-order chi connectivity index (χ0) is 24.9. The van der Waals surface area contributed by atoms with Crippen LogP contribution in [0.1, 0.15) is 25.8 Å². The molecule has 0 radical (unpaired) electrons. The number of nitrogens with zero attached hydrogens (tertiary/aromatic N) is 3. The summed E-state index contributed by atoms with van der Waals surface area (Å²) in [6, 6.07) is 10.3. The predicted molar refractivity (Wildman–Crippen MR) is 132 cm³/mol. The zero-order valence-corrected chi connectivity index (χ0v) is 19.8. The largest absolute Gasteiger partial charge is 0.492 e. The van der Waals surface area contributed by atoms with Gasteiger partial charge in [0.05, 0.1) is 12.5 Å². The van der Waals surface area contributed by atoms with Crippen LogP contribution in [0.5, 0.6) is 11.5 Å². The molecule has 9 nitrogen and oxygen atoms in total. The average molecular weight is 484 g/mol. The van der Waals surface area contributed by atoms with Crippen molar-refractivity contribution in [3.8, 4) is 11.5 Å². The Morgan fingerprint density at radius 3 is 2.54 bits per heavy atom. The Bertz CT molecular complexity index is 1370. The maximum Gasteiger partial charge on any atom is 0.350 e. The zero-order valence-electron chi connectivity index (χ0n) is 19.8. The lowest BCUT2D eigenvalue weighted by atomic mass is 9.91. The first kappa shape index (κ1) is 23.2. The van der Waals surface area contributed by atoms with Crippen molar-refractivity contribution in [2.24, 2.45) is 17.6 Å². The second kappa shape index (κ2) is 8.92. The normalized spacial score (nSPS) is 20.9. The van der Waals surface area contributed by atoms with Crippen molar-refractivity contribution in [2.45, 2.75) is 31.8 Å². The molecular weight excluding hydrogens is 453 g/mol. The lowest BCUT2D eigenvalue weighted by Gasteiger charge is -2.25. The highest BCUT2D eigenvalue weighted by molar-refractivity contribution is 5.91. The van der Waals surface area contributed by atoms with E-state index in [-0.39, 0.29) is 46.3 Å². The molecule has 2 fully saturated rings. The summed E-state index contributed by atoms with van der Waals surface area (Å²) in [7, 11) is 1.42. The SMILES string of the molecule is COc1c(N2C[C@H]([C@H](N)COc3ccccc3)[C@H](C)C2)c(F)cc2c(=O)n(N)c(=O)n(C3CC3)c12. The standard InChI is InChI=1S/C25H30FN5O4/c1-14-11-29(12-18(14)20(27)13-35-16-6-4-3-5-7-16)22-19(26)10-17-21(23(22)34-2)30(15-8-9-15)25(33)31(28)24(17)32/h3-7,10,14-15,18,20H,8-9,11-13,27-28H2,1-2H3/t14-,18+,20-/m1/s1. The number of hydrogen-bond acceptors (Lipinski definition) is 7. The molecule has 1 aromatic heterocycles. The third kappa shape index (κ3) is 4.01. The summed E-state index contributed by atoms with van der Waals surface area (Å²) in [5.74, 6) is 6.24. The molecule has 5 rings (SSSR count). The van der Waals surface area contributed by atoms with Gasteiger partial charge >= 0.3 is 5.69 Å². The van der Waals surface area contributed by atoms with E-state index in [4.69, 9.17) is 21.1 Å². The van der Waals surface area contributed by atoms with Crippen molar-refractivity contribution in [1.29, 1.82) is 0 Å². The number of methoxy groups -OCH3 is 1. The molecule has 1 aliphatic heterocycles. The molecule has 1 saturated carbocycles. The van der Waals surface area contributed by atoms with Gasteiger partial charge < -0.3 is 25.9 Å². The van der Waals surface area contributed by atoms with Crippen molar-refractivity contribution in [3.63, 3.8) is 0 Å². The second-order valence-electron chi connectivity index (χ2n) is 9.53. The summed E-state index contributed by atoms with van der Waals surface area (Å²) >= 11 is 0. The van der Waals surface area contributed by atoms with Crippen LogP contribution in [0.2, 0.25) is 0 Å². The summed E-state index contributed by atoms with van der Waals surface area (Å²) in [4.78, 5) is 27.5. The summed E-state index contributed by atoms with van der Waals surface area (Å²) in [6.45, 7) is 3.44. The fourth-order valence-corrected chi connectivity index (χ4v) is 5.16. The van der Waals surface area contributed by atoms with E-state index < -0.39 is 17.1 Å². The van der Waals surface area contributed by atoms with Crippen molar-refractivity contribution < 1.29 is 13.9 Å². The van der Waals surface area contributed by atoms with E-state index in [1.54, 1.807) is 0 Å². The van der Waals surface area contributed by atoms with Gasteiger partial charge in [0.15, 0.2) is 11.6 Å². The molecule has 186 valence electrons. The maximum absolute atomic E-state index is 15.6. The fourth-order valence-electron chi connectivity index (χ4n) is 5.16. The molecule has 1 saturated heterocycles. The van der Waals surface area contributed by atoms with Gasteiger partial charge in [-0.25, -0.2) is 9.18 Å². The summed E-state index contributed by atoms with van der Waals surface area (Å²) < 4.78 is 29.1. The molecule has 0 spiro atoms. The molecule has 2 aliphatic rings. The predicted octanol–water partition coefficient (Wildman–Crippen LogP) is 1.84. The van der Waals surface area contributed by atoms with Crippen molar-refractivity contribution in [2.75, 3.05) is 37.5 Å². The van der Waals surface area contributed by atoms with E-state index in [9.17, 15) is 9.59 Å². The van der Waals surface area contributed by atoms with Crippen LogP contribution in [0.3, 0.4) is 0 Å². The highest BCUT2D eigenvalue weighted by Gasteiger charge is 2.38. The molecule has 3 atom stereocenters. The molecule has 0 bridgehead atoms. The Hall–Kier alpha value is -3.53. The van der Waals surface area contributed by atoms with E-state index >= 15 is 4.39 Å². The number of nitrogen functional groups attached to an aromatic ring is 1. The van der Waals surface area contributed by atoms with Gasteiger partial charge in [-0.1, -0.05) is 25.1 Å². The van der Waals surface area contributed by atoms with Gasteiger partial charge in [0.1, 0.15) is 23.6 Å². The van der Waals surface area contributed by atoms with Crippen LogP contribution in [-0.4, -0.2) is 42.1 Å². The van der Waals surface area contributed by atoms with Gasteiger partial charge in [0.25, 0.3) is 5.56 Å². The summed E-state index contributed by atoms with van der Waals surface area (Å²) in [5.41, 5.74) is 5.64. The van der Waals surface area contributed by atoms with Crippen LogP contribution >= 0.6 is 0 Å². The number of halogens is 1. The summed E-state index contributed by atoms with van der Waals surface area (Å²) in [5, 5.41) is 0.0221. The minimum Gasteiger partial charge on any atom is -0.492 e. The van der Waals surface area contributed by atoms with Crippen LogP contribution in [0.15, 0.2) is 46.0 Å². The van der Waals surface area contributed by atoms with E-state index in [0.717, 1.165) is 24.7 Å². The highest BCUT2D eigenvalue weighted by Crippen LogP contribution is 2.44. The average Bonchev–Trinajstić information content (AvgIpc) is 3.62. The fraction of sp³-hybridized carbons (Fsp3) is 0.440. The second-order valence-corrected chi connectivity index (χ2v) is 9.53. The Balaban J connectivity index is 1.51. The minimum atomic E-state index is -0.751. The molecule has 0 unspecified atom stereocenters. The quantitative estimate of drug-likeness (QED) is 0.493. The van der Waals surface area contributed by atoms with Gasteiger partial charge in [0, 0.05) is 25.2 Å². The smallest absolute Gasteiger partial charge is 0.350 e. The number of hydrogen-bond donors (Lipinski definition) is 2. The number of nitrogens with two attached hydrogens (primary N) is 2. The minimum absolute atomic E-state index is 0.0221. The van der Waals surface area contributed by atoms with Gasteiger partial charge in [-0.15, -0.1) is 0 Å². The van der Waals surface area contributed by atoms with Crippen molar-refractivity contribution in [1.82, 2.24) is 9.24 Å². The molecule has 3 aromatic rings. The van der Waals surface area contributed by atoms with Crippen molar-refractivity contribution in [3.05, 3.63) is 63.1 Å². The molecule has 1 aliphatic carbocycles. The van der Waals surface area contributed by atoms with Crippen LogP contribution < -0.4 is 37.2 Å². The van der Waals surface area contributed by atoms with E-state index in [0.29, 0.717) is 24.4 Å². The monoisotopic (exact) mass is 483 g/mol. The first-order valence-electron chi connectivity index (χ1n) is 11.8. The lowest BCUT2D eigenvalue weighted by Crippen LogP contribution is -2.44. The van der Waals surface area contributed by atoms with Crippen LogP contribution in [0.4, 0.5) is 10.1 Å². The number of rotatable bonds is 7. The van der Waals surface area contributed by atoms with Gasteiger partial charge in [0.2, 0.25) is 0 Å². The number of aromatic nitrogens is 2. The first-order chi connectivity index (χ1) is 16.8. The first-order valence-corrected chi connectivity index (χ1v) is 11.8. The third-order valence-electron chi connectivity index (χ3n) is 7.12. The Morgan fingerprint density at radius 2 is 1.89 bits per heavy atom. The van der Waals surface area contributed by atoms with Crippen LogP contribution in [0.25, 0.3) is 10.9 Å². The van der Waals surface area contributed by atoms with E-state index in [2.05, 4.69) is 6.92 Å². The lowest BCUT2D eigenvalue weighted by molar-refractivity contribution is 0.233. The van der Waals surface area contributed by atoms with Crippen LogP contribution in [-0.2, 0) is 0 Å². The molecule has 10 heteroatoms. The number of fused-ring (bicyclic) bond motifs is 1. The molecule has 4 N–H and O–H groups in total. The number of ether oxygens (including phenoxy) is 2. The number of para-hydroxylation sites is 1. The van der Waals surface area contributed by atoms with E-state index in [1.165, 1.54) is 11.7 Å². The number of anilines is 1. The molecular formula is C25H30FN5O4. The van der Waals surface area contributed by atoms with E-state index in [1.807, 2.05) is 35.2 Å². The van der Waals surface area contributed by atoms with Gasteiger partial charge in [-0.2, -0.15) is 4.68 Å². The third-order valence-corrected chi connectivity index (χ3v) is 7.12. The van der Waals surface area contributed by atoms with Gasteiger partial charge in [-0.3, -0.25) is 9.36 Å².